The number of nitrogens with zero attached hydrogens (tertiary/aromatic N) is 2. The predicted octanol–water partition coefficient (Wildman–Crippen LogP) is -0.338. The second-order valence-corrected chi connectivity index (χ2v) is 3.76. The molecule has 0 aliphatic carbocycles. The zero-order valence-corrected chi connectivity index (χ0v) is 9.77. The number of pyridine rings is 1. The van der Waals surface area contributed by atoms with Crippen LogP contribution in [0.2, 0.25) is 0 Å². The maximum Gasteiger partial charge on any atom is 0.253 e. The first-order chi connectivity index (χ1) is 7.97. The summed E-state index contributed by atoms with van der Waals surface area (Å²) in [5.41, 5.74) is 0.183. The average molecular weight is 237 g/mol. The minimum atomic E-state index is -0.686. The minimum Gasteiger partial charge on any atom is -0.493 e. The Bertz CT molecular complexity index is 500. The number of aromatic nitrogens is 1. The van der Waals surface area contributed by atoms with Crippen LogP contribution >= 0.6 is 0 Å². The van der Waals surface area contributed by atoms with Gasteiger partial charge in [-0.1, -0.05) is 0 Å². The Hall–Kier alpha value is -1.84. The summed E-state index contributed by atoms with van der Waals surface area (Å²) in [5.74, 6) is -0.329. The first-order valence-electron chi connectivity index (χ1n) is 5.22. The molecular weight excluding hydrogens is 222 g/mol. The standard InChI is InChI=1S/C11H15N3O3/c1-7-5-10(16)14(4-3-13-8(2)15)11(17)9(7)6-12/h5,8,13,15,17H,3-4H2,1-2H3. The van der Waals surface area contributed by atoms with E-state index in [1.54, 1.807) is 13.8 Å². The number of aliphatic hydroxyl groups is 1. The van der Waals surface area contributed by atoms with Crippen LogP contribution in [0.1, 0.15) is 18.1 Å². The molecule has 0 aliphatic rings. The van der Waals surface area contributed by atoms with Crippen LogP contribution < -0.4 is 10.9 Å². The van der Waals surface area contributed by atoms with Crippen LogP contribution in [-0.4, -0.2) is 27.6 Å². The lowest BCUT2D eigenvalue weighted by Gasteiger charge is -2.12. The summed E-state index contributed by atoms with van der Waals surface area (Å²) in [6, 6.07) is 3.16. The van der Waals surface area contributed by atoms with Crippen LogP contribution in [0, 0.1) is 18.3 Å². The summed E-state index contributed by atoms with van der Waals surface area (Å²) in [5, 5.41) is 30.3. The van der Waals surface area contributed by atoms with Gasteiger partial charge in [0, 0.05) is 19.2 Å². The van der Waals surface area contributed by atoms with Crippen molar-refractivity contribution in [2.75, 3.05) is 6.54 Å². The van der Waals surface area contributed by atoms with Crippen molar-refractivity contribution in [3.05, 3.63) is 27.5 Å². The van der Waals surface area contributed by atoms with Crippen molar-refractivity contribution in [3.63, 3.8) is 0 Å². The lowest BCUT2D eigenvalue weighted by Crippen LogP contribution is -2.32. The molecule has 0 amide bonds. The summed E-state index contributed by atoms with van der Waals surface area (Å²) in [7, 11) is 0. The van der Waals surface area contributed by atoms with Gasteiger partial charge in [0.05, 0.1) is 0 Å². The Balaban J connectivity index is 3.01. The second-order valence-electron chi connectivity index (χ2n) is 3.76. The van der Waals surface area contributed by atoms with Crippen molar-refractivity contribution in [1.29, 1.82) is 5.26 Å². The summed E-state index contributed by atoms with van der Waals surface area (Å²) in [6.45, 7) is 3.65. The topological polar surface area (TPSA) is 98.3 Å². The van der Waals surface area contributed by atoms with Crippen LogP contribution in [0.4, 0.5) is 0 Å². The molecule has 0 saturated carbocycles. The first-order valence-corrected chi connectivity index (χ1v) is 5.22. The van der Waals surface area contributed by atoms with Gasteiger partial charge in [0.25, 0.3) is 5.56 Å². The Morgan fingerprint density at radius 2 is 2.29 bits per heavy atom. The fraction of sp³-hybridized carbons (Fsp3) is 0.455. The number of hydrogen-bond donors (Lipinski definition) is 3. The molecule has 1 unspecified atom stereocenters. The lowest BCUT2D eigenvalue weighted by molar-refractivity contribution is 0.155. The highest BCUT2D eigenvalue weighted by Gasteiger charge is 2.11. The molecule has 0 aromatic carbocycles. The van der Waals surface area contributed by atoms with Gasteiger partial charge in [-0.05, 0) is 19.4 Å². The highest BCUT2D eigenvalue weighted by molar-refractivity contribution is 5.43. The third kappa shape index (κ3) is 3.06. The summed E-state index contributed by atoms with van der Waals surface area (Å²) < 4.78 is 1.10. The molecule has 1 rings (SSSR count). The van der Waals surface area contributed by atoms with Gasteiger partial charge in [0.1, 0.15) is 17.9 Å². The van der Waals surface area contributed by atoms with Gasteiger partial charge >= 0.3 is 0 Å². The SMILES string of the molecule is Cc1cc(=O)n(CCNC(C)O)c(O)c1C#N. The van der Waals surface area contributed by atoms with Crippen LogP contribution in [0.5, 0.6) is 5.88 Å². The number of rotatable bonds is 4. The monoisotopic (exact) mass is 237 g/mol. The molecule has 6 heteroatoms. The molecule has 0 fully saturated rings. The number of aryl methyl sites for hydroxylation is 1. The summed E-state index contributed by atoms with van der Waals surface area (Å²) in [6.07, 6.45) is -0.686. The number of aromatic hydroxyl groups is 1. The largest absolute Gasteiger partial charge is 0.493 e. The van der Waals surface area contributed by atoms with E-state index in [0.717, 1.165) is 4.57 Å². The van der Waals surface area contributed by atoms with Crippen molar-refractivity contribution >= 4 is 0 Å². The average Bonchev–Trinajstić information content (AvgIpc) is 2.22. The number of aliphatic hydroxyl groups excluding tert-OH is 1. The van der Waals surface area contributed by atoms with Gasteiger partial charge < -0.3 is 10.2 Å². The molecule has 1 heterocycles. The second kappa shape index (κ2) is 5.48. The van der Waals surface area contributed by atoms with Gasteiger partial charge in [-0.15, -0.1) is 0 Å². The van der Waals surface area contributed by atoms with Gasteiger partial charge in [0.2, 0.25) is 5.88 Å². The molecular formula is C11H15N3O3. The number of hydrogen-bond acceptors (Lipinski definition) is 5. The Labute approximate surface area is 98.7 Å². The molecule has 0 spiro atoms. The maximum absolute atomic E-state index is 11.6. The van der Waals surface area contributed by atoms with Crippen LogP contribution in [0.15, 0.2) is 10.9 Å². The van der Waals surface area contributed by atoms with E-state index < -0.39 is 6.23 Å². The van der Waals surface area contributed by atoms with E-state index in [1.807, 2.05) is 6.07 Å². The Morgan fingerprint density at radius 1 is 1.65 bits per heavy atom. The van der Waals surface area contributed by atoms with E-state index in [9.17, 15) is 9.90 Å². The van der Waals surface area contributed by atoms with E-state index in [0.29, 0.717) is 12.1 Å². The zero-order valence-electron chi connectivity index (χ0n) is 9.77. The van der Waals surface area contributed by atoms with E-state index in [-0.39, 0.29) is 23.5 Å². The fourth-order valence-electron chi connectivity index (χ4n) is 1.49. The highest BCUT2D eigenvalue weighted by atomic mass is 16.3. The molecule has 3 N–H and O–H groups in total. The molecule has 17 heavy (non-hydrogen) atoms. The molecule has 1 aromatic heterocycles. The Morgan fingerprint density at radius 3 is 2.82 bits per heavy atom. The van der Waals surface area contributed by atoms with E-state index in [1.165, 1.54) is 6.07 Å². The first kappa shape index (κ1) is 13.2. The lowest BCUT2D eigenvalue weighted by atomic mass is 10.1. The van der Waals surface area contributed by atoms with Gasteiger partial charge in [-0.2, -0.15) is 5.26 Å². The molecule has 0 radical (unpaired) electrons. The fourth-order valence-corrected chi connectivity index (χ4v) is 1.49. The predicted molar refractivity (Wildman–Crippen MR) is 61.5 cm³/mol. The molecule has 1 atom stereocenters. The third-order valence-electron chi connectivity index (χ3n) is 2.37. The van der Waals surface area contributed by atoms with Crippen LogP contribution in [0.3, 0.4) is 0 Å². The van der Waals surface area contributed by atoms with Crippen molar-refractivity contribution < 1.29 is 10.2 Å². The van der Waals surface area contributed by atoms with Crippen molar-refractivity contribution in [1.82, 2.24) is 9.88 Å². The zero-order chi connectivity index (χ0) is 13.0. The minimum absolute atomic E-state index is 0.0987. The Kier molecular flexibility index (Phi) is 4.26. The molecule has 1 aromatic rings. The van der Waals surface area contributed by atoms with Crippen molar-refractivity contribution in [3.8, 4) is 11.9 Å². The third-order valence-corrected chi connectivity index (χ3v) is 2.37. The van der Waals surface area contributed by atoms with E-state index in [4.69, 9.17) is 10.4 Å². The number of nitrogens with one attached hydrogen (secondary N) is 1. The summed E-state index contributed by atoms with van der Waals surface area (Å²) >= 11 is 0. The summed E-state index contributed by atoms with van der Waals surface area (Å²) in [4.78, 5) is 11.6. The molecule has 0 saturated heterocycles. The van der Waals surface area contributed by atoms with E-state index in [2.05, 4.69) is 5.32 Å². The molecule has 0 aliphatic heterocycles. The van der Waals surface area contributed by atoms with Gasteiger partial charge in [-0.25, -0.2) is 0 Å². The number of nitriles is 1. The van der Waals surface area contributed by atoms with Gasteiger partial charge in [-0.3, -0.25) is 14.7 Å². The molecule has 92 valence electrons. The maximum atomic E-state index is 11.6. The highest BCUT2D eigenvalue weighted by Crippen LogP contribution is 2.16. The van der Waals surface area contributed by atoms with Gasteiger partial charge in [0.15, 0.2) is 0 Å². The van der Waals surface area contributed by atoms with Crippen molar-refractivity contribution in [2.45, 2.75) is 26.6 Å². The molecule has 6 nitrogen and oxygen atoms in total. The van der Waals surface area contributed by atoms with Crippen LogP contribution in [-0.2, 0) is 6.54 Å². The normalized spacial score (nSPS) is 12.1. The van der Waals surface area contributed by atoms with E-state index >= 15 is 0 Å². The quantitative estimate of drug-likeness (QED) is 0.622. The van der Waals surface area contributed by atoms with Crippen molar-refractivity contribution in [2.24, 2.45) is 0 Å². The molecule has 0 bridgehead atoms. The smallest absolute Gasteiger partial charge is 0.253 e. The van der Waals surface area contributed by atoms with Crippen LogP contribution in [0.25, 0.3) is 0 Å².